The van der Waals surface area contributed by atoms with Gasteiger partial charge in [-0.05, 0) is 32.4 Å². The third-order valence-corrected chi connectivity index (χ3v) is 4.13. The van der Waals surface area contributed by atoms with Crippen LogP contribution in [0.4, 0.5) is 5.82 Å². The van der Waals surface area contributed by atoms with Gasteiger partial charge in [0.25, 0.3) is 0 Å². The zero-order valence-electron chi connectivity index (χ0n) is 12.0. The van der Waals surface area contributed by atoms with E-state index in [9.17, 15) is 0 Å². The van der Waals surface area contributed by atoms with E-state index in [4.69, 9.17) is 9.47 Å². The maximum Gasteiger partial charge on any atom is 0.137 e. The van der Waals surface area contributed by atoms with Gasteiger partial charge in [0, 0.05) is 18.1 Å². The lowest BCUT2D eigenvalue weighted by Gasteiger charge is -2.29. The monoisotopic (exact) mass is 273 g/mol. The van der Waals surface area contributed by atoms with Crippen molar-refractivity contribution in [1.29, 1.82) is 0 Å². The Morgan fingerprint density at radius 3 is 2.95 bits per heavy atom. The highest BCUT2D eigenvalue weighted by Gasteiger charge is 2.37. The fourth-order valence-electron chi connectivity index (χ4n) is 2.53. The lowest BCUT2D eigenvalue weighted by atomic mass is 9.94. The van der Waals surface area contributed by atoms with Crippen molar-refractivity contribution in [2.45, 2.75) is 31.9 Å². The molecule has 5 nitrogen and oxygen atoms in total. The lowest BCUT2D eigenvalue weighted by Crippen LogP contribution is -2.41. The van der Waals surface area contributed by atoms with Gasteiger partial charge >= 0.3 is 0 Å². The second-order valence-electron chi connectivity index (χ2n) is 5.41. The lowest BCUT2D eigenvalue weighted by molar-refractivity contribution is 0.105. The molecular formula is C15H19N3O2. The Labute approximate surface area is 118 Å². The summed E-state index contributed by atoms with van der Waals surface area (Å²) in [7, 11) is 1.65. The summed E-state index contributed by atoms with van der Waals surface area (Å²) >= 11 is 0. The molecule has 1 aromatic carbocycles. The van der Waals surface area contributed by atoms with Gasteiger partial charge in [-0.2, -0.15) is 0 Å². The first-order valence-electron chi connectivity index (χ1n) is 6.81. The number of benzene rings is 1. The van der Waals surface area contributed by atoms with Crippen LogP contribution in [-0.4, -0.2) is 35.3 Å². The maximum atomic E-state index is 5.66. The van der Waals surface area contributed by atoms with Gasteiger partial charge in [-0.25, -0.2) is 9.97 Å². The molecule has 1 aliphatic heterocycles. The highest BCUT2D eigenvalue weighted by Crippen LogP contribution is 2.32. The molecule has 106 valence electrons. The number of nitrogens with one attached hydrogen (secondary N) is 1. The minimum atomic E-state index is -0.0960. The van der Waals surface area contributed by atoms with E-state index in [0.29, 0.717) is 0 Å². The Balaban J connectivity index is 1.99. The van der Waals surface area contributed by atoms with E-state index in [2.05, 4.69) is 29.1 Å². The van der Waals surface area contributed by atoms with Crippen molar-refractivity contribution in [3.8, 4) is 5.75 Å². The Kier molecular flexibility index (Phi) is 3.22. The van der Waals surface area contributed by atoms with E-state index in [-0.39, 0.29) is 11.6 Å². The molecule has 3 rings (SSSR count). The van der Waals surface area contributed by atoms with Gasteiger partial charge in [-0.3, -0.25) is 0 Å². The van der Waals surface area contributed by atoms with Crippen LogP contribution in [0.5, 0.6) is 5.75 Å². The zero-order chi connectivity index (χ0) is 14.2. The summed E-state index contributed by atoms with van der Waals surface area (Å²) in [6, 6.07) is 5.83. The smallest absolute Gasteiger partial charge is 0.137 e. The van der Waals surface area contributed by atoms with Crippen LogP contribution in [0.3, 0.4) is 0 Å². The van der Waals surface area contributed by atoms with Gasteiger partial charge in [0.05, 0.1) is 24.3 Å². The van der Waals surface area contributed by atoms with Crippen molar-refractivity contribution in [2.24, 2.45) is 0 Å². The minimum absolute atomic E-state index is 0.0960. The molecule has 1 aliphatic rings. The summed E-state index contributed by atoms with van der Waals surface area (Å²) in [4.78, 5) is 8.69. The van der Waals surface area contributed by atoms with Crippen molar-refractivity contribution in [2.75, 3.05) is 19.0 Å². The fraction of sp³-hybridized carbons (Fsp3) is 0.467. The molecular weight excluding hydrogens is 254 g/mol. The van der Waals surface area contributed by atoms with E-state index in [0.717, 1.165) is 35.5 Å². The predicted octanol–water partition coefficient (Wildman–Crippen LogP) is 2.62. The summed E-state index contributed by atoms with van der Waals surface area (Å²) in [5, 5.41) is 4.52. The number of nitrogens with zero attached hydrogens (tertiary/aromatic N) is 2. The number of rotatable bonds is 3. The van der Waals surface area contributed by atoms with Gasteiger partial charge in [-0.1, -0.05) is 0 Å². The van der Waals surface area contributed by atoms with Crippen molar-refractivity contribution in [3.05, 3.63) is 24.5 Å². The van der Waals surface area contributed by atoms with Gasteiger partial charge in [-0.15, -0.1) is 0 Å². The molecule has 2 unspecified atom stereocenters. The number of ether oxygens (including phenoxy) is 2. The van der Waals surface area contributed by atoms with Gasteiger partial charge in [0.1, 0.15) is 17.9 Å². The van der Waals surface area contributed by atoms with Crippen LogP contribution < -0.4 is 10.1 Å². The van der Waals surface area contributed by atoms with Gasteiger partial charge in [0.15, 0.2) is 0 Å². The van der Waals surface area contributed by atoms with Gasteiger partial charge < -0.3 is 14.8 Å². The summed E-state index contributed by atoms with van der Waals surface area (Å²) in [6.07, 6.45) is 2.70. The normalized spacial score (nSPS) is 25.9. The second kappa shape index (κ2) is 4.90. The summed E-state index contributed by atoms with van der Waals surface area (Å²) < 4.78 is 10.9. The molecule has 0 amide bonds. The van der Waals surface area contributed by atoms with Crippen molar-refractivity contribution < 1.29 is 9.47 Å². The van der Waals surface area contributed by atoms with Crippen molar-refractivity contribution >= 4 is 16.7 Å². The molecule has 0 aliphatic carbocycles. The molecule has 0 saturated carbocycles. The largest absolute Gasteiger partial charge is 0.497 e. The molecule has 1 saturated heterocycles. The number of hydrogen-bond acceptors (Lipinski definition) is 5. The first-order chi connectivity index (χ1) is 9.62. The number of fused-ring (bicyclic) bond motifs is 1. The maximum absolute atomic E-state index is 5.66. The van der Waals surface area contributed by atoms with E-state index >= 15 is 0 Å². The van der Waals surface area contributed by atoms with Crippen LogP contribution in [0.15, 0.2) is 24.5 Å². The first-order valence-corrected chi connectivity index (χ1v) is 6.81. The molecule has 0 spiro atoms. The highest BCUT2D eigenvalue weighted by atomic mass is 16.5. The summed E-state index contributed by atoms with van der Waals surface area (Å²) in [6.45, 7) is 5.04. The SMILES string of the molecule is COc1ccc2c(NC3(C)CCOC3C)ncnc2c1. The summed E-state index contributed by atoms with van der Waals surface area (Å²) in [5.74, 6) is 1.64. The number of aromatic nitrogens is 2. The van der Waals surface area contributed by atoms with E-state index < -0.39 is 0 Å². The van der Waals surface area contributed by atoms with Crippen LogP contribution in [0.1, 0.15) is 20.3 Å². The quantitative estimate of drug-likeness (QED) is 0.931. The molecule has 2 atom stereocenters. The average Bonchev–Trinajstić information content (AvgIpc) is 2.78. The van der Waals surface area contributed by atoms with E-state index in [1.54, 1.807) is 13.4 Å². The standard InChI is InChI=1S/C15H19N3O2/c1-10-15(2,6-7-20-10)18-14-12-5-4-11(19-3)8-13(12)16-9-17-14/h4-5,8-10H,6-7H2,1-3H3,(H,16,17,18). The van der Waals surface area contributed by atoms with Crippen molar-refractivity contribution in [1.82, 2.24) is 9.97 Å². The predicted molar refractivity (Wildman–Crippen MR) is 78.1 cm³/mol. The molecule has 5 heteroatoms. The molecule has 1 fully saturated rings. The van der Waals surface area contributed by atoms with E-state index in [1.807, 2.05) is 18.2 Å². The molecule has 1 aromatic heterocycles. The minimum Gasteiger partial charge on any atom is -0.497 e. The fourth-order valence-corrected chi connectivity index (χ4v) is 2.53. The van der Waals surface area contributed by atoms with Crippen LogP contribution in [0.2, 0.25) is 0 Å². The molecule has 2 heterocycles. The Morgan fingerprint density at radius 2 is 2.25 bits per heavy atom. The summed E-state index contributed by atoms with van der Waals surface area (Å²) in [5.41, 5.74) is 0.776. The number of anilines is 1. The Bertz CT molecular complexity index is 632. The topological polar surface area (TPSA) is 56.3 Å². The molecule has 2 aromatic rings. The molecule has 1 N–H and O–H groups in total. The highest BCUT2D eigenvalue weighted by molar-refractivity contribution is 5.90. The average molecular weight is 273 g/mol. The zero-order valence-corrected chi connectivity index (χ0v) is 12.0. The third-order valence-electron chi connectivity index (χ3n) is 4.13. The van der Waals surface area contributed by atoms with Crippen molar-refractivity contribution in [3.63, 3.8) is 0 Å². The third kappa shape index (κ3) is 2.18. The first kappa shape index (κ1) is 13.1. The molecule has 0 bridgehead atoms. The van der Waals surface area contributed by atoms with Gasteiger partial charge in [0.2, 0.25) is 0 Å². The molecule has 20 heavy (non-hydrogen) atoms. The number of methoxy groups -OCH3 is 1. The number of hydrogen-bond donors (Lipinski definition) is 1. The van der Waals surface area contributed by atoms with Crippen LogP contribution in [0.25, 0.3) is 10.9 Å². The van der Waals surface area contributed by atoms with Crippen LogP contribution >= 0.6 is 0 Å². The van der Waals surface area contributed by atoms with Crippen LogP contribution in [0, 0.1) is 0 Å². The Hall–Kier alpha value is -1.88. The second-order valence-corrected chi connectivity index (χ2v) is 5.41. The Morgan fingerprint density at radius 1 is 1.40 bits per heavy atom. The van der Waals surface area contributed by atoms with E-state index in [1.165, 1.54) is 0 Å². The molecule has 0 radical (unpaired) electrons. The van der Waals surface area contributed by atoms with Crippen LogP contribution in [-0.2, 0) is 4.74 Å².